The van der Waals surface area contributed by atoms with Crippen molar-refractivity contribution in [3.63, 3.8) is 0 Å². The standard InChI is InChI=1S/C33H33F3N4O4/c1-5-19-7-6-8-20-13-23(41)27(35)26(24(19)20)25-22(34)14-21-29(28(25)36)37-31(44-18-33(9-10-33)16-39(3)4)38-30(21)40-11-12-43-17-32(2,42)15-40/h1,6-8,13-14,41-42H,9-12,15-18H2,2-4H3. The van der Waals surface area contributed by atoms with Crippen LogP contribution >= 0.6 is 0 Å². The molecule has 2 aliphatic rings. The van der Waals surface area contributed by atoms with Crippen LogP contribution in [-0.4, -0.2) is 84.2 Å². The zero-order valence-corrected chi connectivity index (χ0v) is 24.8. The number of terminal acetylenes is 1. The van der Waals surface area contributed by atoms with E-state index in [1.807, 2.05) is 14.1 Å². The molecule has 0 amide bonds. The molecule has 0 radical (unpaired) electrons. The molecule has 230 valence electrons. The predicted molar refractivity (Wildman–Crippen MR) is 161 cm³/mol. The second-order valence-electron chi connectivity index (χ2n) is 12.4. The minimum absolute atomic E-state index is 0.00488. The molecule has 6 rings (SSSR count). The fourth-order valence-electron chi connectivity index (χ4n) is 6.06. The number of halogens is 3. The second-order valence-corrected chi connectivity index (χ2v) is 12.4. The first-order chi connectivity index (χ1) is 20.9. The lowest BCUT2D eigenvalue weighted by Gasteiger charge is -2.29. The Labute approximate surface area is 253 Å². The van der Waals surface area contributed by atoms with Crippen LogP contribution in [0.2, 0.25) is 0 Å². The molecule has 0 bridgehead atoms. The van der Waals surface area contributed by atoms with E-state index in [0.717, 1.165) is 31.5 Å². The number of aliphatic hydroxyl groups is 1. The van der Waals surface area contributed by atoms with E-state index in [1.165, 1.54) is 6.07 Å². The van der Waals surface area contributed by atoms with Gasteiger partial charge in [-0.3, -0.25) is 0 Å². The Morgan fingerprint density at radius 3 is 2.61 bits per heavy atom. The van der Waals surface area contributed by atoms with Gasteiger partial charge in [0.1, 0.15) is 22.8 Å². The number of aromatic hydroxyl groups is 1. The van der Waals surface area contributed by atoms with Crippen molar-refractivity contribution in [3.05, 3.63) is 53.3 Å². The van der Waals surface area contributed by atoms with E-state index in [4.69, 9.17) is 15.9 Å². The number of aromatic nitrogens is 2. The Morgan fingerprint density at radius 1 is 1.14 bits per heavy atom. The maximum absolute atomic E-state index is 16.7. The first kappa shape index (κ1) is 29.9. The average Bonchev–Trinajstić information content (AvgIpc) is 3.76. The van der Waals surface area contributed by atoms with Gasteiger partial charge in [0.05, 0.1) is 31.9 Å². The topological polar surface area (TPSA) is 91.2 Å². The van der Waals surface area contributed by atoms with E-state index in [2.05, 4.69) is 20.8 Å². The smallest absolute Gasteiger partial charge is 0.319 e. The number of ether oxygens (including phenoxy) is 2. The van der Waals surface area contributed by atoms with Crippen molar-refractivity contribution in [1.82, 2.24) is 14.9 Å². The minimum atomic E-state index is -1.27. The molecular weight excluding hydrogens is 573 g/mol. The number of nitrogens with zero attached hydrogens (tertiary/aromatic N) is 4. The van der Waals surface area contributed by atoms with Gasteiger partial charge >= 0.3 is 6.01 Å². The number of phenols is 1. The van der Waals surface area contributed by atoms with Gasteiger partial charge in [-0.15, -0.1) is 6.42 Å². The third-order valence-corrected chi connectivity index (χ3v) is 8.20. The van der Waals surface area contributed by atoms with Gasteiger partial charge in [-0.25, -0.2) is 13.2 Å². The molecule has 1 atom stereocenters. The van der Waals surface area contributed by atoms with Gasteiger partial charge in [-0.05, 0) is 57.4 Å². The second kappa shape index (κ2) is 11.1. The van der Waals surface area contributed by atoms with Crippen LogP contribution in [-0.2, 0) is 4.74 Å². The fraction of sp³-hybridized carbons (Fsp3) is 0.394. The summed E-state index contributed by atoms with van der Waals surface area (Å²) < 4.78 is 60.1. The zero-order valence-electron chi connectivity index (χ0n) is 24.8. The molecule has 2 fully saturated rings. The van der Waals surface area contributed by atoms with Crippen molar-refractivity contribution in [2.75, 3.05) is 58.5 Å². The van der Waals surface area contributed by atoms with E-state index in [0.29, 0.717) is 5.39 Å². The lowest BCUT2D eigenvalue weighted by atomic mass is 9.92. The number of phenolic OH excluding ortho intramolecular Hbond substituents is 1. The van der Waals surface area contributed by atoms with Crippen LogP contribution < -0.4 is 9.64 Å². The van der Waals surface area contributed by atoms with Crippen LogP contribution in [0.3, 0.4) is 0 Å². The molecule has 1 saturated carbocycles. The van der Waals surface area contributed by atoms with Crippen LogP contribution in [0, 0.1) is 35.2 Å². The molecule has 44 heavy (non-hydrogen) atoms. The Hall–Kier alpha value is -4.11. The van der Waals surface area contributed by atoms with Crippen molar-refractivity contribution in [2.24, 2.45) is 5.41 Å². The first-order valence-electron chi connectivity index (χ1n) is 14.4. The maximum Gasteiger partial charge on any atom is 0.319 e. The Balaban J connectivity index is 1.58. The van der Waals surface area contributed by atoms with Gasteiger partial charge in [0, 0.05) is 40.4 Å². The van der Waals surface area contributed by atoms with E-state index >= 15 is 13.2 Å². The highest BCUT2D eigenvalue weighted by atomic mass is 19.1. The average molecular weight is 607 g/mol. The number of rotatable bonds is 7. The molecule has 8 nitrogen and oxygen atoms in total. The highest BCUT2D eigenvalue weighted by Crippen LogP contribution is 2.47. The third kappa shape index (κ3) is 5.49. The summed E-state index contributed by atoms with van der Waals surface area (Å²) in [7, 11) is 3.94. The van der Waals surface area contributed by atoms with Crippen molar-refractivity contribution in [3.8, 4) is 35.2 Å². The quantitative estimate of drug-likeness (QED) is 0.289. The van der Waals surface area contributed by atoms with Crippen LogP contribution in [0.1, 0.15) is 25.3 Å². The van der Waals surface area contributed by atoms with Crippen LogP contribution in [0.15, 0.2) is 30.3 Å². The predicted octanol–water partition coefficient (Wildman–Crippen LogP) is 4.86. The van der Waals surface area contributed by atoms with Gasteiger partial charge in [-0.2, -0.15) is 9.97 Å². The normalized spacial score (nSPS) is 19.8. The van der Waals surface area contributed by atoms with Gasteiger partial charge in [0.25, 0.3) is 0 Å². The molecule has 3 aromatic carbocycles. The first-order valence-corrected chi connectivity index (χ1v) is 14.4. The van der Waals surface area contributed by atoms with Crippen LogP contribution in [0.4, 0.5) is 19.0 Å². The van der Waals surface area contributed by atoms with Crippen LogP contribution in [0.25, 0.3) is 32.8 Å². The number of benzene rings is 3. The van der Waals surface area contributed by atoms with E-state index in [9.17, 15) is 10.2 Å². The van der Waals surface area contributed by atoms with Crippen molar-refractivity contribution in [1.29, 1.82) is 0 Å². The number of hydrogen-bond acceptors (Lipinski definition) is 8. The SMILES string of the molecule is C#Cc1cccc2cc(O)c(F)c(-c3c(F)cc4c(N5CCOCC(C)(O)C5)nc(OCC5(CN(C)C)CC5)nc4c3F)c12. The molecule has 1 unspecified atom stereocenters. The summed E-state index contributed by atoms with van der Waals surface area (Å²) in [6.07, 6.45) is 7.57. The number of hydrogen-bond donors (Lipinski definition) is 2. The van der Waals surface area contributed by atoms with E-state index < -0.39 is 39.9 Å². The Morgan fingerprint density at radius 2 is 1.91 bits per heavy atom. The summed E-state index contributed by atoms with van der Waals surface area (Å²) >= 11 is 0. The minimum Gasteiger partial charge on any atom is -0.505 e. The van der Waals surface area contributed by atoms with Crippen molar-refractivity contribution in [2.45, 2.75) is 25.4 Å². The molecule has 4 aromatic rings. The molecule has 2 heterocycles. The fourth-order valence-corrected chi connectivity index (χ4v) is 6.06. The lowest BCUT2D eigenvalue weighted by Crippen LogP contribution is -2.42. The summed E-state index contributed by atoms with van der Waals surface area (Å²) in [6, 6.07) is 6.76. The zero-order chi connectivity index (χ0) is 31.4. The van der Waals surface area contributed by atoms with Gasteiger partial charge in [0.15, 0.2) is 17.4 Å². The summed E-state index contributed by atoms with van der Waals surface area (Å²) in [4.78, 5) is 12.7. The summed E-state index contributed by atoms with van der Waals surface area (Å²) in [5.41, 5.74) is -2.72. The Kier molecular flexibility index (Phi) is 7.56. The lowest BCUT2D eigenvalue weighted by molar-refractivity contribution is -0.0123. The maximum atomic E-state index is 16.7. The molecule has 1 aliphatic carbocycles. The highest BCUT2D eigenvalue weighted by Gasteiger charge is 2.44. The summed E-state index contributed by atoms with van der Waals surface area (Å²) in [6.45, 7) is 3.30. The van der Waals surface area contributed by atoms with E-state index in [-0.39, 0.29) is 72.0 Å². The van der Waals surface area contributed by atoms with Crippen molar-refractivity contribution < 1.29 is 32.9 Å². The number of anilines is 1. The van der Waals surface area contributed by atoms with Crippen molar-refractivity contribution >= 4 is 27.5 Å². The molecule has 2 N–H and O–H groups in total. The van der Waals surface area contributed by atoms with Gasteiger partial charge < -0.3 is 29.5 Å². The van der Waals surface area contributed by atoms with Gasteiger partial charge in [0.2, 0.25) is 0 Å². The number of fused-ring (bicyclic) bond motifs is 2. The molecule has 1 aliphatic heterocycles. The molecule has 1 saturated heterocycles. The molecule has 1 aromatic heterocycles. The highest BCUT2D eigenvalue weighted by molar-refractivity contribution is 6.04. The third-order valence-electron chi connectivity index (χ3n) is 8.20. The molecular formula is C33H33F3N4O4. The monoisotopic (exact) mass is 606 g/mol. The van der Waals surface area contributed by atoms with Gasteiger partial charge in [-0.1, -0.05) is 18.1 Å². The van der Waals surface area contributed by atoms with Crippen LogP contribution in [0.5, 0.6) is 11.8 Å². The molecule has 0 spiro atoms. The molecule has 11 heteroatoms. The van der Waals surface area contributed by atoms with E-state index in [1.54, 1.807) is 24.0 Å². The summed E-state index contributed by atoms with van der Waals surface area (Å²) in [5.74, 6) is -1.69. The number of β-amino-alcohol motifs (C(OH)–C–C–N with tert-alkyl or cyclic N) is 1. The Bertz CT molecular complexity index is 1820. The summed E-state index contributed by atoms with van der Waals surface area (Å²) in [5, 5.41) is 21.7. The largest absolute Gasteiger partial charge is 0.505 e.